The first-order valence-corrected chi connectivity index (χ1v) is 9.61. The Bertz CT molecular complexity index is 907. The molecule has 5 nitrogen and oxygen atoms in total. The van der Waals surface area contributed by atoms with Crippen molar-refractivity contribution >= 4 is 27.5 Å². The van der Waals surface area contributed by atoms with Crippen molar-refractivity contribution in [3.8, 4) is 0 Å². The summed E-state index contributed by atoms with van der Waals surface area (Å²) in [6.45, 7) is 0.308. The zero-order valence-electron chi connectivity index (χ0n) is 13.5. The quantitative estimate of drug-likeness (QED) is 0.796. The van der Waals surface area contributed by atoms with E-state index in [0.29, 0.717) is 0 Å². The largest absolute Gasteiger partial charge is 0.336 e. The van der Waals surface area contributed by atoms with Gasteiger partial charge >= 0.3 is 0 Å². The number of carbonyl (C=O) groups is 1. The van der Waals surface area contributed by atoms with Gasteiger partial charge in [-0.25, -0.2) is 17.2 Å². The summed E-state index contributed by atoms with van der Waals surface area (Å²) in [5.41, 5.74) is -0.219. The number of nitrogens with zero attached hydrogens (tertiary/aromatic N) is 2. The zero-order valence-corrected chi connectivity index (χ0v) is 15.1. The lowest BCUT2D eigenvalue weighted by Gasteiger charge is -2.34. The van der Waals surface area contributed by atoms with E-state index in [4.69, 9.17) is 11.6 Å². The van der Waals surface area contributed by atoms with Crippen LogP contribution in [0.5, 0.6) is 0 Å². The van der Waals surface area contributed by atoms with E-state index in [9.17, 15) is 22.0 Å². The van der Waals surface area contributed by atoms with Crippen LogP contribution in [-0.4, -0.2) is 49.7 Å². The second-order valence-corrected chi connectivity index (χ2v) is 8.09. The normalized spacial score (nSPS) is 15.9. The van der Waals surface area contributed by atoms with Gasteiger partial charge in [0, 0.05) is 26.2 Å². The highest BCUT2D eigenvalue weighted by Crippen LogP contribution is 2.23. The summed E-state index contributed by atoms with van der Waals surface area (Å²) in [6.07, 6.45) is 0. The van der Waals surface area contributed by atoms with Crippen LogP contribution < -0.4 is 0 Å². The van der Waals surface area contributed by atoms with Crippen LogP contribution in [0.3, 0.4) is 0 Å². The molecule has 1 fully saturated rings. The summed E-state index contributed by atoms with van der Waals surface area (Å²) in [5.74, 6) is -1.82. The summed E-state index contributed by atoms with van der Waals surface area (Å²) in [7, 11) is -3.78. The third-order valence-electron chi connectivity index (χ3n) is 4.15. The Morgan fingerprint density at radius 2 is 1.58 bits per heavy atom. The van der Waals surface area contributed by atoms with Crippen LogP contribution in [0.1, 0.15) is 10.4 Å². The van der Waals surface area contributed by atoms with E-state index in [1.54, 1.807) is 0 Å². The monoisotopic (exact) mass is 400 g/mol. The van der Waals surface area contributed by atoms with Crippen LogP contribution >= 0.6 is 11.6 Å². The number of hydrogen-bond acceptors (Lipinski definition) is 3. The van der Waals surface area contributed by atoms with Gasteiger partial charge in [-0.1, -0.05) is 17.7 Å². The molecule has 2 aromatic rings. The Labute approximate surface area is 154 Å². The first-order chi connectivity index (χ1) is 12.3. The van der Waals surface area contributed by atoms with Gasteiger partial charge in [0.1, 0.15) is 11.6 Å². The van der Waals surface area contributed by atoms with Gasteiger partial charge in [0.2, 0.25) is 10.0 Å². The molecule has 1 aliphatic heterocycles. The molecule has 0 unspecified atom stereocenters. The first-order valence-electron chi connectivity index (χ1n) is 7.80. The molecule has 0 spiro atoms. The van der Waals surface area contributed by atoms with Crippen molar-refractivity contribution in [1.82, 2.24) is 9.21 Å². The van der Waals surface area contributed by atoms with Gasteiger partial charge in [0.15, 0.2) is 0 Å². The average Bonchev–Trinajstić information content (AvgIpc) is 2.62. The van der Waals surface area contributed by atoms with E-state index in [2.05, 4.69) is 0 Å². The van der Waals surface area contributed by atoms with Crippen molar-refractivity contribution in [2.45, 2.75) is 4.90 Å². The van der Waals surface area contributed by atoms with Crippen LogP contribution in [0.2, 0.25) is 5.02 Å². The summed E-state index contributed by atoms with van der Waals surface area (Å²) < 4.78 is 53.3. The number of sulfonamides is 1. The number of rotatable bonds is 3. The Balaban J connectivity index is 1.73. The Kier molecular flexibility index (Phi) is 5.27. The number of benzene rings is 2. The molecule has 1 aliphatic rings. The van der Waals surface area contributed by atoms with Crippen LogP contribution in [0.4, 0.5) is 8.78 Å². The van der Waals surface area contributed by atoms with E-state index < -0.39 is 27.6 Å². The number of hydrogen-bond donors (Lipinski definition) is 0. The molecule has 0 atom stereocenters. The molecule has 0 aromatic heterocycles. The Hall–Kier alpha value is -2.03. The van der Waals surface area contributed by atoms with E-state index in [1.165, 1.54) is 33.5 Å². The molecule has 9 heteroatoms. The minimum absolute atomic E-state index is 0.0105. The molecule has 0 N–H and O–H groups in total. The topological polar surface area (TPSA) is 57.7 Å². The van der Waals surface area contributed by atoms with E-state index in [0.717, 1.165) is 18.2 Å². The third-order valence-corrected chi connectivity index (χ3v) is 6.38. The van der Waals surface area contributed by atoms with Crippen molar-refractivity contribution in [2.75, 3.05) is 26.2 Å². The highest BCUT2D eigenvalue weighted by molar-refractivity contribution is 7.89. The van der Waals surface area contributed by atoms with Gasteiger partial charge in [0.25, 0.3) is 5.91 Å². The zero-order chi connectivity index (χ0) is 18.9. The molecule has 2 aromatic carbocycles. The average molecular weight is 401 g/mol. The van der Waals surface area contributed by atoms with Crippen LogP contribution in [0.15, 0.2) is 47.4 Å². The lowest BCUT2D eigenvalue weighted by molar-refractivity contribution is 0.0693. The smallest absolute Gasteiger partial charge is 0.258 e. The Morgan fingerprint density at radius 1 is 0.962 bits per heavy atom. The van der Waals surface area contributed by atoms with Crippen molar-refractivity contribution in [1.29, 1.82) is 0 Å². The molecule has 0 aliphatic carbocycles. The predicted octanol–water partition coefficient (Wildman–Crippen LogP) is 2.76. The summed E-state index contributed by atoms with van der Waals surface area (Å²) >= 11 is 5.91. The molecule has 1 saturated heterocycles. The van der Waals surface area contributed by atoms with Gasteiger partial charge < -0.3 is 4.90 Å². The maximum atomic E-state index is 13.9. The van der Waals surface area contributed by atoms with Gasteiger partial charge in [-0.15, -0.1) is 0 Å². The van der Waals surface area contributed by atoms with Crippen molar-refractivity contribution < 1.29 is 22.0 Å². The molecule has 0 radical (unpaired) electrons. The number of halogens is 3. The SMILES string of the molecule is O=C(c1c(F)cccc1Cl)N1CCN(S(=O)(=O)c2ccc(F)cc2)CC1. The molecule has 1 heterocycles. The predicted molar refractivity (Wildman–Crippen MR) is 92.5 cm³/mol. The lowest BCUT2D eigenvalue weighted by atomic mass is 10.1. The molecule has 3 rings (SSSR count). The van der Waals surface area contributed by atoms with Gasteiger partial charge in [-0.2, -0.15) is 4.31 Å². The molecule has 26 heavy (non-hydrogen) atoms. The number of carbonyl (C=O) groups excluding carboxylic acids is 1. The molecular weight excluding hydrogens is 386 g/mol. The summed E-state index contributed by atoms with van der Waals surface area (Å²) in [5, 5.41) is 0.0105. The molecule has 0 saturated carbocycles. The fraction of sp³-hybridized carbons (Fsp3) is 0.235. The minimum Gasteiger partial charge on any atom is -0.336 e. The number of amides is 1. The molecule has 138 valence electrons. The van der Waals surface area contributed by atoms with Crippen LogP contribution in [0, 0.1) is 11.6 Å². The molecule has 0 bridgehead atoms. The minimum atomic E-state index is -3.78. The maximum Gasteiger partial charge on any atom is 0.258 e. The van der Waals surface area contributed by atoms with Crippen molar-refractivity contribution in [3.63, 3.8) is 0 Å². The van der Waals surface area contributed by atoms with Crippen LogP contribution in [0.25, 0.3) is 0 Å². The fourth-order valence-corrected chi connectivity index (χ4v) is 4.41. The highest BCUT2D eigenvalue weighted by atomic mass is 35.5. The van der Waals surface area contributed by atoms with Crippen molar-refractivity contribution in [2.24, 2.45) is 0 Å². The first kappa shape index (κ1) is 18.8. The molecular formula is C17H15ClF2N2O3S. The highest BCUT2D eigenvalue weighted by Gasteiger charge is 2.31. The van der Waals surface area contributed by atoms with E-state index in [1.807, 2.05) is 0 Å². The maximum absolute atomic E-state index is 13.9. The summed E-state index contributed by atoms with van der Waals surface area (Å²) in [4.78, 5) is 13.8. The van der Waals surface area contributed by atoms with Gasteiger partial charge in [-0.3, -0.25) is 4.79 Å². The van der Waals surface area contributed by atoms with Crippen LogP contribution in [-0.2, 0) is 10.0 Å². The van der Waals surface area contributed by atoms with Gasteiger partial charge in [0.05, 0.1) is 15.5 Å². The number of piperazine rings is 1. The fourth-order valence-electron chi connectivity index (χ4n) is 2.75. The summed E-state index contributed by atoms with van der Waals surface area (Å²) in [6, 6.07) is 8.52. The standard InChI is InChI=1S/C17H15ClF2N2O3S/c18-14-2-1-3-15(20)16(14)17(23)21-8-10-22(11-9-21)26(24,25)13-6-4-12(19)5-7-13/h1-7H,8-11H2. The van der Waals surface area contributed by atoms with Gasteiger partial charge in [-0.05, 0) is 36.4 Å². The Morgan fingerprint density at radius 3 is 2.15 bits per heavy atom. The third kappa shape index (κ3) is 3.58. The lowest BCUT2D eigenvalue weighted by Crippen LogP contribution is -2.50. The molecule has 1 amide bonds. The van der Waals surface area contributed by atoms with E-state index in [-0.39, 0.29) is 41.7 Å². The second-order valence-electron chi connectivity index (χ2n) is 5.75. The van der Waals surface area contributed by atoms with Crippen molar-refractivity contribution in [3.05, 3.63) is 64.7 Å². The second kappa shape index (κ2) is 7.30. The van der Waals surface area contributed by atoms with E-state index >= 15 is 0 Å².